The first-order chi connectivity index (χ1) is 8.20. The molecule has 0 radical (unpaired) electrons. The standard InChI is InChI=1S/C14H22N2O2/c1-9(2)11-12(10(3)7-8-15-11)16-13(17)18-14(4,5)6/h7-9H,1-6H3,(H,16,17). The monoisotopic (exact) mass is 250 g/mol. The van der Waals surface area contributed by atoms with Gasteiger partial charge in [-0.25, -0.2) is 4.79 Å². The van der Waals surface area contributed by atoms with Crippen molar-refractivity contribution in [3.63, 3.8) is 0 Å². The Morgan fingerprint density at radius 2 is 2.00 bits per heavy atom. The molecule has 0 unspecified atom stereocenters. The van der Waals surface area contributed by atoms with Gasteiger partial charge in [0.05, 0.1) is 11.4 Å². The molecule has 0 aromatic carbocycles. The summed E-state index contributed by atoms with van der Waals surface area (Å²) in [6.45, 7) is 11.6. The Labute approximate surface area is 109 Å². The van der Waals surface area contributed by atoms with Gasteiger partial charge in [0.15, 0.2) is 0 Å². The molecule has 1 aromatic rings. The summed E-state index contributed by atoms with van der Waals surface area (Å²) in [6, 6.07) is 1.87. The van der Waals surface area contributed by atoms with Gasteiger partial charge in [-0.05, 0) is 45.2 Å². The van der Waals surface area contributed by atoms with E-state index in [0.29, 0.717) is 0 Å². The van der Waals surface area contributed by atoms with Crippen molar-refractivity contribution in [1.29, 1.82) is 0 Å². The van der Waals surface area contributed by atoms with Gasteiger partial charge in [-0.1, -0.05) is 13.8 Å². The Hall–Kier alpha value is -1.58. The molecule has 0 aliphatic heterocycles. The predicted octanol–water partition coefficient (Wildman–Crippen LogP) is 3.86. The average molecular weight is 250 g/mol. The lowest BCUT2D eigenvalue weighted by molar-refractivity contribution is 0.0635. The maximum Gasteiger partial charge on any atom is 0.412 e. The molecule has 1 heterocycles. The molecule has 0 aliphatic rings. The van der Waals surface area contributed by atoms with Crippen molar-refractivity contribution in [3.8, 4) is 0 Å². The van der Waals surface area contributed by atoms with E-state index < -0.39 is 11.7 Å². The molecule has 0 aliphatic carbocycles. The molecule has 18 heavy (non-hydrogen) atoms. The number of anilines is 1. The number of hydrogen-bond donors (Lipinski definition) is 1. The number of carbonyl (C=O) groups excluding carboxylic acids is 1. The first-order valence-corrected chi connectivity index (χ1v) is 6.16. The number of aromatic nitrogens is 1. The van der Waals surface area contributed by atoms with Crippen LogP contribution in [0.15, 0.2) is 12.3 Å². The van der Waals surface area contributed by atoms with Crippen LogP contribution < -0.4 is 5.32 Å². The summed E-state index contributed by atoms with van der Waals surface area (Å²) in [7, 11) is 0. The number of rotatable bonds is 2. The van der Waals surface area contributed by atoms with Crippen LogP contribution >= 0.6 is 0 Å². The summed E-state index contributed by atoms with van der Waals surface area (Å²) >= 11 is 0. The fourth-order valence-corrected chi connectivity index (χ4v) is 1.59. The normalized spacial score (nSPS) is 11.5. The number of nitrogens with one attached hydrogen (secondary N) is 1. The molecule has 4 nitrogen and oxygen atoms in total. The quantitative estimate of drug-likeness (QED) is 0.867. The van der Waals surface area contributed by atoms with Gasteiger partial charge >= 0.3 is 6.09 Å². The van der Waals surface area contributed by atoms with E-state index in [2.05, 4.69) is 10.3 Å². The van der Waals surface area contributed by atoms with Crippen molar-refractivity contribution in [2.45, 2.75) is 53.1 Å². The molecule has 1 rings (SSSR count). The third-order valence-electron chi connectivity index (χ3n) is 2.36. The van der Waals surface area contributed by atoms with E-state index in [-0.39, 0.29) is 5.92 Å². The summed E-state index contributed by atoms with van der Waals surface area (Å²) < 4.78 is 5.25. The number of nitrogens with zero attached hydrogens (tertiary/aromatic N) is 1. The summed E-state index contributed by atoms with van der Waals surface area (Å²) in [6.07, 6.45) is 1.31. The zero-order chi connectivity index (χ0) is 13.9. The van der Waals surface area contributed by atoms with Crippen LogP contribution in [0.2, 0.25) is 0 Å². The van der Waals surface area contributed by atoms with Crippen molar-refractivity contribution < 1.29 is 9.53 Å². The first kappa shape index (κ1) is 14.5. The van der Waals surface area contributed by atoms with Crippen molar-refractivity contribution >= 4 is 11.8 Å². The van der Waals surface area contributed by atoms with E-state index >= 15 is 0 Å². The van der Waals surface area contributed by atoms with Crippen molar-refractivity contribution in [1.82, 2.24) is 4.98 Å². The van der Waals surface area contributed by atoms with E-state index in [1.807, 2.05) is 47.6 Å². The van der Waals surface area contributed by atoms with E-state index in [1.165, 1.54) is 0 Å². The molecule has 0 bridgehead atoms. The molecule has 1 amide bonds. The smallest absolute Gasteiger partial charge is 0.412 e. The van der Waals surface area contributed by atoms with Crippen LogP contribution in [-0.2, 0) is 4.74 Å². The number of hydrogen-bond acceptors (Lipinski definition) is 3. The third kappa shape index (κ3) is 4.02. The lowest BCUT2D eigenvalue weighted by Crippen LogP contribution is -2.28. The highest BCUT2D eigenvalue weighted by Crippen LogP contribution is 2.25. The molecular weight excluding hydrogens is 228 g/mol. The van der Waals surface area contributed by atoms with Gasteiger partial charge in [0.2, 0.25) is 0 Å². The minimum Gasteiger partial charge on any atom is -0.444 e. The SMILES string of the molecule is Cc1ccnc(C(C)C)c1NC(=O)OC(C)(C)C. The second-order valence-corrected chi connectivity index (χ2v) is 5.67. The number of amides is 1. The maximum absolute atomic E-state index is 11.8. The van der Waals surface area contributed by atoms with Crippen molar-refractivity contribution in [2.24, 2.45) is 0 Å². The Balaban J connectivity index is 2.93. The zero-order valence-corrected chi connectivity index (χ0v) is 12.0. The van der Waals surface area contributed by atoms with Gasteiger partial charge < -0.3 is 4.74 Å². The molecule has 100 valence electrons. The van der Waals surface area contributed by atoms with E-state index in [0.717, 1.165) is 16.9 Å². The summed E-state index contributed by atoms with van der Waals surface area (Å²) in [4.78, 5) is 16.1. The fourth-order valence-electron chi connectivity index (χ4n) is 1.59. The number of ether oxygens (including phenoxy) is 1. The topological polar surface area (TPSA) is 51.2 Å². The zero-order valence-electron chi connectivity index (χ0n) is 12.0. The van der Waals surface area contributed by atoms with E-state index in [4.69, 9.17) is 4.74 Å². The molecule has 0 atom stereocenters. The molecule has 0 saturated carbocycles. The van der Waals surface area contributed by atoms with Crippen LogP contribution in [0.25, 0.3) is 0 Å². The number of carbonyl (C=O) groups is 1. The summed E-state index contributed by atoms with van der Waals surface area (Å²) in [5.41, 5.74) is 2.11. The number of pyridine rings is 1. The largest absolute Gasteiger partial charge is 0.444 e. The van der Waals surface area contributed by atoms with Crippen LogP contribution in [0.1, 0.15) is 51.8 Å². The molecule has 4 heteroatoms. The highest BCUT2D eigenvalue weighted by molar-refractivity contribution is 5.86. The van der Waals surface area contributed by atoms with Crippen LogP contribution in [0.4, 0.5) is 10.5 Å². The Morgan fingerprint density at radius 1 is 1.39 bits per heavy atom. The lowest BCUT2D eigenvalue weighted by Gasteiger charge is -2.21. The van der Waals surface area contributed by atoms with E-state index in [9.17, 15) is 4.79 Å². The molecular formula is C14H22N2O2. The summed E-state index contributed by atoms with van der Waals surface area (Å²) in [5, 5.41) is 2.79. The predicted molar refractivity (Wildman–Crippen MR) is 72.9 cm³/mol. The Kier molecular flexibility index (Phi) is 4.33. The Morgan fingerprint density at radius 3 is 2.50 bits per heavy atom. The molecule has 1 aromatic heterocycles. The second kappa shape index (κ2) is 5.38. The van der Waals surface area contributed by atoms with Gasteiger partial charge in [-0.2, -0.15) is 0 Å². The first-order valence-electron chi connectivity index (χ1n) is 6.16. The molecule has 0 fully saturated rings. The van der Waals surface area contributed by atoms with Gasteiger partial charge in [-0.3, -0.25) is 10.3 Å². The minimum atomic E-state index is -0.502. The van der Waals surface area contributed by atoms with Crippen LogP contribution in [0.3, 0.4) is 0 Å². The fraction of sp³-hybridized carbons (Fsp3) is 0.571. The minimum absolute atomic E-state index is 0.245. The molecule has 1 N–H and O–H groups in total. The average Bonchev–Trinajstić information content (AvgIpc) is 2.17. The van der Waals surface area contributed by atoms with Crippen LogP contribution in [0.5, 0.6) is 0 Å². The maximum atomic E-state index is 11.8. The summed E-state index contributed by atoms with van der Waals surface area (Å²) in [5.74, 6) is 0.245. The van der Waals surface area contributed by atoms with Gasteiger partial charge in [0.25, 0.3) is 0 Å². The highest BCUT2D eigenvalue weighted by Gasteiger charge is 2.19. The van der Waals surface area contributed by atoms with Gasteiger partial charge in [-0.15, -0.1) is 0 Å². The van der Waals surface area contributed by atoms with Crippen molar-refractivity contribution in [2.75, 3.05) is 5.32 Å². The lowest BCUT2D eigenvalue weighted by atomic mass is 10.1. The third-order valence-corrected chi connectivity index (χ3v) is 2.36. The molecule has 0 spiro atoms. The van der Waals surface area contributed by atoms with Gasteiger partial charge in [0.1, 0.15) is 5.60 Å². The molecule has 0 saturated heterocycles. The van der Waals surface area contributed by atoms with Crippen LogP contribution in [-0.4, -0.2) is 16.7 Å². The van der Waals surface area contributed by atoms with Crippen LogP contribution in [0, 0.1) is 6.92 Å². The van der Waals surface area contributed by atoms with Gasteiger partial charge in [0, 0.05) is 6.20 Å². The highest BCUT2D eigenvalue weighted by atomic mass is 16.6. The van der Waals surface area contributed by atoms with E-state index in [1.54, 1.807) is 6.20 Å². The Bertz CT molecular complexity index is 434. The number of aryl methyl sites for hydroxylation is 1. The second-order valence-electron chi connectivity index (χ2n) is 5.67. The van der Waals surface area contributed by atoms with Crippen molar-refractivity contribution in [3.05, 3.63) is 23.5 Å².